The molecule has 2 saturated carbocycles. The zero-order chi connectivity index (χ0) is 24.0. The highest BCUT2D eigenvalue weighted by molar-refractivity contribution is 6.07. The van der Waals surface area contributed by atoms with Crippen molar-refractivity contribution in [3.63, 3.8) is 0 Å². The summed E-state index contributed by atoms with van der Waals surface area (Å²) in [6.07, 6.45) is 10.9. The molecule has 2 heterocycles. The van der Waals surface area contributed by atoms with E-state index in [0.717, 1.165) is 30.4 Å². The van der Waals surface area contributed by atoms with Crippen molar-refractivity contribution in [2.45, 2.75) is 32.4 Å². The summed E-state index contributed by atoms with van der Waals surface area (Å²) in [6.45, 7) is 4.30. The largest absolute Gasteiger partial charge is 0.278 e. The van der Waals surface area contributed by atoms with Crippen LogP contribution in [0.25, 0.3) is 0 Å². The van der Waals surface area contributed by atoms with Gasteiger partial charge in [0.15, 0.2) is 0 Å². The van der Waals surface area contributed by atoms with Crippen molar-refractivity contribution >= 4 is 23.6 Å². The third kappa shape index (κ3) is 2.82. The molecule has 7 rings (SSSR count). The zero-order valence-corrected chi connectivity index (χ0v) is 19.5. The van der Waals surface area contributed by atoms with Crippen LogP contribution in [0.5, 0.6) is 0 Å². The molecule has 4 aliphatic carbocycles. The lowest BCUT2D eigenvalue weighted by Gasteiger charge is -2.21. The predicted octanol–water partition coefficient (Wildman–Crippen LogP) is 3.25. The van der Waals surface area contributed by atoms with Crippen molar-refractivity contribution in [2.75, 3.05) is 0 Å². The normalized spacial score (nSPS) is 38.1. The average molecular weight is 469 g/mol. The van der Waals surface area contributed by atoms with Crippen molar-refractivity contribution < 1.29 is 19.2 Å². The van der Waals surface area contributed by atoms with Gasteiger partial charge in [-0.15, -0.1) is 6.58 Å². The van der Waals surface area contributed by atoms with E-state index in [1.54, 1.807) is 0 Å². The molecule has 0 N–H and O–H groups in total. The number of allylic oxidation sites excluding steroid dienone is 5. The predicted molar refractivity (Wildman–Crippen MR) is 127 cm³/mol. The highest BCUT2D eigenvalue weighted by atomic mass is 16.2. The van der Waals surface area contributed by atoms with Crippen LogP contribution in [0.3, 0.4) is 0 Å². The molecule has 6 nitrogen and oxygen atoms in total. The summed E-state index contributed by atoms with van der Waals surface area (Å²) in [7, 11) is 0. The van der Waals surface area contributed by atoms with Crippen molar-refractivity contribution in [3.05, 3.63) is 71.8 Å². The number of nitrogens with zero attached hydrogens (tertiary/aromatic N) is 2. The maximum Gasteiger partial charge on any atom is 0.234 e. The van der Waals surface area contributed by atoms with Gasteiger partial charge in [0.25, 0.3) is 0 Å². The van der Waals surface area contributed by atoms with Gasteiger partial charge in [-0.3, -0.25) is 29.0 Å². The van der Waals surface area contributed by atoms with Crippen LogP contribution in [0.15, 0.2) is 60.7 Å². The van der Waals surface area contributed by atoms with Crippen molar-refractivity contribution in [3.8, 4) is 0 Å². The first-order chi connectivity index (χ1) is 17.0. The number of carbonyl (C=O) groups is 4. The number of benzene rings is 1. The van der Waals surface area contributed by atoms with Crippen LogP contribution in [0.4, 0.5) is 0 Å². The minimum Gasteiger partial charge on any atom is -0.278 e. The first kappa shape index (κ1) is 21.0. The summed E-state index contributed by atoms with van der Waals surface area (Å²) in [5.41, 5.74) is 2.94. The Balaban J connectivity index is 1.07. The van der Waals surface area contributed by atoms with E-state index in [1.807, 2.05) is 30.3 Å². The quantitative estimate of drug-likeness (QED) is 0.475. The van der Waals surface area contributed by atoms with Gasteiger partial charge in [-0.05, 0) is 54.1 Å². The number of hydrogen-bond acceptors (Lipinski definition) is 4. The first-order valence-corrected chi connectivity index (χ1v) is 12.7. The lowest BCUT2D eigenvalue weighted by Crippen LogP contribution is -2.33. The molecule has 1 aromatic rings. The number of rotatable bonds is 6. The van der Waals surface area contributed by atoms with Gasteiger partial charge in [-0.25, -0.2) is 0 Å². The number of imide groups is 2. The molecule has 4 bridgehead atoms. The first-order valence-electron chi connectivity index (χ1n) is 12.7. The smallest absolute Gasteiger partial charge is 0.234 e. The van der Waals surface area contributed by atoms with E-state index in [4.69, 9.17) is 0 Å². The summed E-state index contributed by atoms with van der Waals surface area (Å²) in [6, 6.07) is 7.60. The van der Waals surface area contributed by atoms with E-state index in [0.29, 0.717) is 0 Å². The van der Waals surface area contributed by atoms with Crippen LogP contribution in [-0.2, 0) is 32.3 Å². The van der Waals surface area contributed by atoms with Gasteiger partial charge in [0.05, 0.1) is 36.8 Å². The highest BCUT2D eigenvalue weighted by Crippen LogP contribution is 2.56. The fraction of sp³-hybridized carbons (Fsp3) is 0.448. The van der Waals surface area contributed by atoms with Crippen LogP contribution in [0.2, 0.25) is 0 Å². The van der Waals surface area contributed by atoms with E-state index >= 15 is 0 Å². The molecule has 6 heteroatoms. The number of carbonyl (C=O) groups excluding carboxylic acids is 4. The molecule has 1 aromatic carbocycles. The van der Waals surface area contributed by atoms with E-state index in [2.05, 4.69) is 24.8 Å². The second kappa shape index (κ2) is 7.36. The van der Waals surface area contributed by atoms with Crippen LogP contribution >= 0.6 is 0 Å². The maximum absolute atomic E-state index is 13.3. The zero-order valence-electron chi connectivity index (χ0n) is 19.5. The van der Waals surface area contributed by atoms with Gasteiger partial charge < -0.3 is 0 Å². The highest BCUT2D eigenvalue weighted by Gasteiger charge is 2.61. The van der Waals surface area contributed by atoms with Gasteiger partial charge in [-0.2, -0.15) is 0 Å². The summed E-state index contributed by atoms with van der Waals surface area (Å²) >= 11 is 0. The van der Waals surface area contributed by atoms with E-state index in [9.17, 15) is 19.2 Å². The molecular formula is C29H28N2O4. The minimum atomic E-state index is -0.237. The Bertz CT molecular complexity index is 1230. The van der Waals surface area contributed by atoms with Gasteiger partial charge in [0.2, 0.25) is 23.6 Å². The molecule has 35 heavy (non-hydrogen) atoms. The van der Waals surface area contributed by atoms with E-state index in [-0.39, 0.29) is 84.1 Å². The monoisotopic (exact) mass is 468 g/mol. The molecule has 4 fully saturated rings. The molecule has 2 aliphatic heterocycles. The Labute approximate surface area is 204 Å². The number of fused-ring (bicyclic) bond motifs is 10. The Morgan fingerprint density at radius 1 is 0.771 bits per heavy atom. The van der Waals surface area contributed by atoms with Crippen molar-refractivity contribution in [2.24, 2.45) is 47.3 Å². The minimum absolute atomic E-state index is 0.0571. The van der Waals surface area contributed by atoms with Gasteiger partial charge in [0.1, 0.15) is 0 Å². The second-order valence-electron chi connectivity index (χ2n) is 11.1. The molecule has 6 aliphatic rings. The fourth-order valence-electron chi connectivity index (χ4n) is 8.04. The molecule has 8 unspecified atom stereocenters. The molecular weight excluding hydrogens is 440 g/mol. The maximum atomic E-state index is 13.3. The molecule has 0 radical (unpaired) electrons. The molecule has 0 aromatic heterocycles. The molecule has 2 saturated heterocycles. The standard InChI is InChI=1S/C29H28N2O4/c1-2-4-17-10-20-12-21(17)25-24(20)28(34)31(29(25)35)14-16-6-3-5-15(9-16)13-30-26(32)22-18-7-8-19(11-18)23(22)27(30)33/h2-3,5-10,18-25H,1,4,11-14H2. The van der Waals surface area contributed by atoms with Crippen LogP contribution in [0.1, 0.15) is 30.4 Å². The third-order valence-electron chi connectivity index (χ3n) is 9.43. The molecule has 8 atom stereocenters. The Morgan fingerprint density at radius 2 is 1.31 bits per heavy atom. The Morgan fingerprint density at radius 3 is 1.89 bits per heavy atom. The summed E-state index contributed by atoms with van der Waals surface area (Å²) in [5, 5.41) is 0. The topological polar surface area (TPSA) is 74.8 Å². The van der Waals surface area contributed by atoms with E-state index < -0.39 is 0 Å². The van der Waals surface area contributed by atoms with Gasteiger partial charge in [-0.1, -0.05) is 54.1 Å². The lowest BCUT2D eigenvalue weighted by atomic mass is 9.80. The summed E-state index contributed by atoms with van der Waals surface area (Å²) in [5.74, 6) is -0.396. The van der Waals surface area contributed by atoms with Crippen molar-refractivity contribution in [1.82, 2.24) is 9.80 Å². The summed E-state index contributed by atoms with van der Waals surface area (Å²) < 4.78 is 0. The SMILES string of the molecule is C=CCC1=CC2CC1C1C(=O)N(Cc3cccc(CN4C(=O)C5C6C=CC(C6)C5C4=O)c3)C(=O)C21. The van der Waals surface area contributed by atoms with E-state index in [1.165, 1.54) is 15.4 Å². The van der Waals surface area contributed by atoms with Gasteiger partial charge >= 0.3 is 0 Å². The number of amides is 4. The second-order valence-corrected chi connectivity index (χ2v) is 11.1. The van der Waals surface area contributed by atoms with Crippen LogP contribution < -0.4 is 0 Å². The Hall–Kier alpha value is -3.28. The lowest BCUT2D eigenvalue weighted by molar-refractivity contribution is -0.142. The fourth-order valence-corrected chi connectivity index (χ4v) is 8.04. The Kier molecular flexibility index (Phi) is 4.42. The number of likely N-dealkylation sites (tertiary alicyclic amines) is 2. The summed E-state index contributed by atoms with van der Waals surface area (Å²) in [4.78, 5) is 55.5. The third-order valence-corrected chi connectivity index (χ3v) is 9.43. The van der Waals surface area contributed by atoms with Crippen molar-refractivity contribution in [1.29, 1.82) is 0 Å². The number of hydrogen-bond donors (Lipinski definition) is 0. The molecule has 0 spiro atoms. The molecule has 4 amide bonds. The van der Waals surface area contributed by atoms with Crippen LogP contribution in [0, 0.1) is 47.3 Å². The average Bonchev–Trinajstić information content (AvgIpc) is 3.68. The van der Waals surface area contributed by atoms with Gasteiger partial charge in [0, 0.05) is 0 Å². The van der Waals surface area contributed by atoms with Crippen LogP contribution in [-0.4, -0.2) is 33.4 Å². The molecule has 178 valence electrons.